The Morgan fingerprint density at radius 3 is 2.23 bits per heavy atom. The van der Waals surface area contributed by atoms with Crippen molar-refractivity contribution in [3.8, 4) is 0 Å². The molecule has 1 aromatic rings. The quantitative estimate of drug-likeness (QED) is 0.676. The second kappa shape index (κ2) is 8.21. The fourth-order valence-electron chi connectivity index (χ4n) is 7.68. The molecular formula is C28H40N2O. The third kappa shape index (κ3) is 3.96. The molecule has 2 unspecified atom stereocenters. The number of likely N-dealkylation sites (tertiary alicyclic amines) is 1. The molecule has 1 aromatic carbocycles. The van der Waals surface area contributed by atoms with Gasteiger partial charge in [-0.15, -0.1) is 0 Å². The van der Waals surface area contributed by atoms with Crippen molar-refractivity contribution in [2.45, 2.75) is 101 Å². The van der Waals surface area contributed by atoms with Gasteiger partial charge in [0.25, 0.3) is 0 Å². The predicted octanol–water partition coefficient (Wildman–Crippen LogP) is 5.74. The summed E-state index contributed by atoms with van der Waals surface area (Å²) in [5, 5.41) is 3.40. The zero-order chi connectivity index (χ0) is 20.8. The maximum Gasteiger partial charge on any atom is 0.223 e. The van der Waals surface area contributed by atoms with Gasteiger partial charge in [0.1, 0.15) is 0 Å². The van der Waals surface area contributed by atoms with E-state index in [0.717, 1.165) is 37.1 Å². The fraction of sp³-hybridized carbons (Fsp3) is 0.750. The van der Waals surface area contributed by atoms with Crippen molar-refractivity contribution >= 4 is 5.91 Å². The highest BCUT2D eigenvalue weighted by molar-refractivity contribution is 5.81. The van der Waals surface area contributed by atoms with E-state index in [9.17, 15) is 4.79 Å². The van der Waals surface area contributed by atoms with Crippen molar-refractivity contribution in [2.75, 3.05) is 13.1 Å². The number of fused-ring (bicyclic) bond motifs is 4. The summed E-state index contributed by atoms with van der Waals surface area (Å²) in [6, 6.07) is 10.1. The minimum atomic E-state index is 0.231. The number of carbonyl (C=O) groups is 1. The number of nitrogens with zero attached hydrogens (tertiary/aromatic N) is 1. The van der Waals surface area contributed by atoms with Crippen LogP contribution in [0.4, 0.5) is 0 Å². The number of benzene rings is 1. The Hall–Kier alpha value is -1.35. The third-order valence-electron chi connectivity index (χ3n) is 9.82. The van der Waals surface area contributed by atoms with Crippen LogP contribution in [0.1, 0.15) is 101 Å². The van der Waals surface area contributed by atoms with Gasteiger partial charge in [0.2, 0.25) is 5.91 Å². The summed E-state index contributed by atoms with van der Waals surface area (Å²) in [5.41, 5.74) is 3.31. The normalized spacial score (nSPS) is 35.2. The third-order valence-corrected chi connectivity index (χ3v) is 9.82. The number of amides is 1. The topological polar surface area (TPSA) is 32.3 Å². The standard InChI is InChI=1S/C28H40N2O/c31-27(22-9-10-22)29-26-13-14-28(25-4-2-1-3-24(25)26)15-17-30(18-16-28)23-11-7-20-5-6-21(19-20)8-12-23/h1-4,20-23,26H,5-19H2,(H,29,31)/t20?,21?,23?,26-/m0/s1. The van der Waals surface area contributed by atoms with E-state index in [0.29, 0.717) is 17.2 Å². The van der Waals surface area contributed by atoms with E-state index in [4.69, 9.17) is 0 Å². The maximum absolute atomic E-state index is 12.5. The number of hydrogen-bond acceptors (Lipinski definition) is 2. The van der Waals surface area contributed by atoms with E-state index in [1.54, 1.807) is 5.56 Å². The van der Waals surface area contributed by atoms with Gasteiger partial charge in [-0.3, -0.25) is 4.79 Å². The summed E-state index contributed by atoms with van der Waals surface area (Å²) >= 11 is 0. The molecule has 1 aliphatic heterocycles. The van der Waals surface area contributed by atoms with Crippen LogP contribution in [0.5, 0.6) is 0 Å². The number of piperidine rings is 1. The van der Waals surface area contributed by atoms with Gasteiger partial charge in [-0.25, -0.2) is 0 Å². The molecule has 6 rings (SSSR count). The van der Waals surface area contributed by atoms with Gasteiger partial charge < -0.3 is 10.2 Å². The summed E-state index contributed by atoms with van der Waals surface area (Å²) < 4.78 is 0. The number of nitrogens with one attached hydrogen (secondary N) is 1. The number of rotatable bonds is 3. The van der Waals surface area contributed by atoms with Crippen LogP contribution in [0.25, 0.3) is 0 Å². The molecule has 4 fully saturated rings. The first-order valence-corrected chi connectivity index (χ1v) is 13.3. The van der Waals surface area contributed by atoms with Crippen LogP contribution in [0.3, 0.4) is 0 Å². The van der Waals surface area contributed by atoms with Crippen LogP contribution in [-0.2, 0) is 10.2 Å². The van der Waals surface area contributed by atoms with Crippen LogP contribution in [0.2, 0.25) is 0 Å². The predicted molar refractivity (Wildman–Crippen MR) is 125 cm³/mol. The van der Waals surface area contributed by atoms with Gasteiger partial charge in [-0.2, -0.15) is 0 Å². The van der Waals surface area contributed by atoms with E-state index in [-0.39, 0.29) is 6.04 Å². The summed E-state index contributed by atoms with van der Waals surface area (Å²) in [6.07, 6.45) is 17.5. The second-order valence-electron chi connectivity index (χ2n) is 11.6. The van der Waals surface area contributed by atoms with Gasteiger partial charge in [-0.1, -0.05) is 37.1 Å². The van der Waals surface area contributed by atoms with E-state index in [1.165, 1.54) is 82.9 Å². The van der Waals surface area contributed by atoms with Crippen molar-refractivity contribution in [1.82, 2.24) is 10.2 Å². The van der Waals surface area contributed by atoms with Crippen LogP contribution < -0.4 is 5.32 Å². The van der Waals surface area contributed by atoms with Gasteiger partial charge in [0.05, 0.1) is 6.04 Å². The molecule has 168 valence electrons. The smallest absolute Gasteiger partial charge is 0.223 e. The minimum Gasteiger partial charge on any atom is -0.349 e. The Balaban J connectivity index is 1.14. The lowest BCUT2D eigenvalue weighted by atomic mass is 9.63. The molecule has 0 aromatic heterocycles. The highest BCUT2D eigenvalue weighted by Crippen LogP contribution is 2.49. The van der Waals surface area contributed by atoms with Crippen LogP contribution in [0, 0.1) is 17.8 Å². The van der Waals surface area contributed by atoms with Crippen LogP contribution in [0.15, 0.2) is 24.3 Å². The fourth-order valence-corrected chi connectivity index (χ4v) is 7.68. The zero-order valence-corrected chi connectivity index (χ0v) is 19.2. The molecule has 3 saturated carbocycles. The highest BCUT2D eigenvalue weighted by Gasteiger charge is 2.44. The molecular weight excluding hydrogens is 380 g/mol. The lowest BCUT2D eigenvalue weighted by Gasteiger charge is -2.49. The number of hydrogen-bond donors (Lipinski definition) is 1. The average molecular weight is 421 g/mol. The molecule has 1 saturated heterocycles. The molecule has 1 heterocycles. The monoisotopic (exact) mass is 420 g/mol. The molecule has 1 spiro atoms. The molecule has 5 aliphatic rings. The average Bonchev–Trinajstić information content (AvgIpc) is 3.53. The molecule has 3 heteroatoms. The first kappa shape index (κ1) is 20.3. The molecule has 4 aliphatic carbocycles. The van der Waals surface area contributed by atoms with Gasteiger partial charge in [0, 0.05) is 12.0 Å². The lowest BCUT2D eigenvalue weighted by Crippen LogP contribution is -2.49. The Bertz CT molecular complexity index is 793. The van der Waals surface area contributed by atoms with E-state index in [1.807, 2.05) is 0 Å². The Labute approximate surface area is 188 Å². The second-order valence-corrected chi connectivity index (χ2v) is 11.6. The Morgan fingerprint density at radius 2 is 1.52 bits per heavy atom. The van der Waals surface area contributed by atoms with Crippen molar-refractivity contribution in [1.29, 1.82) is 0 Å². The van der Waals surface area contributed by atoms with Crippen molar-refractivity contribution in [3.05, 3.63) is 35.4 Å². The Kier molecular flexibility index (Phi) is 5.37. The molecule has 2 bridgehead atoms. The molecule has 3 nitrogen and oxygen atoms in total. The summed E-state index contributed by atoms with van der Waals surface area (Å²) in [5.74, 6) is 2.67. The van der Waals surface area contributed by atoms with E-state index >= 15 is 0 Å². The van der Waals surface area contributed by atoms with Crippen molar-refractivity contribution in [3.63, 3.8) is 0 Å². The maximum atomic E-state index is 12.5. The highest BCUT2D eigenvalue weighted by atomic mass is 16.2. The summed E-state index contributed by atoms with van der Waals surface area (Å²) in [4.78, 5) is 15.3. The van der Waals surface area contributed by atoms with Gasteiger partial charge in [0.15, 0.2) is 0 Å². The number of carbonyl (C=O) groups excluding carboxylic acids is 1. The van der Waals surface area contributed by atoms with Gasteiger partial charge in [-0.05, 0) is 112 Å². The SMILES string of the molecule is O=C(N[C@H]1CCC2(CCN(C3CCC4CCC(CC3)C4)CC2)c2ccccc21)C1CC1. The van der Waals surface area contributed by atoms with E-state index in [2.05, 4.69) is 34.5 Å². The first-order valence-electron chi connectivity index (χ1n) is 13.3. The molecule has 0 radical (unpaired) electrons. The van der Waals surface area contributed by atoms with Crippen molar-refractivity contribution in [2.24, 2.45) is 17.8 Å². The molecule has 1 amide bonds. The summed E-state index contributed by atoms with van der Waals surface area (Å²) in [6.45, 7) is 2.54. The molecule has 31 heavy (non-hydrogen) atoms. The molecule has 1 N–H and O–H groups in total. The Morgan fingerprint density at radius 1 is 0.839 bits per heavy atom. The lowest BCUT2D eigenvalue weighted by molar-refractivity contribution is -0.123. The largest absolute Gasteiger partial charge is 0.349 e. The molecule has 3 atom stereocenters. The van der Waals surface area contributed by atoms with Crippen molar-refractivity contribution < 1.29 is 4.79 Å². The minimum absolute atomic E-state index is 0.231. The van der Waals surface area contributed by atoms with Gasteiger partial charge >= 0.3 is 0 Å². The van der Waals surface area contributed by atoms with E-state index < -0.39 is 0 Å². The van der Waals surface area contributed by atoms with Crippen LogP contribution >= 0.6 is 0 Å². The van der Waals surface area contributed by atoms with Crippen LogP contribution in [-0.4, -0.2) is 29.9 Å². The zero-order valence-electron chi connectivity index (χ0n) is 19.2. The summed E-state index contributed by atoms with van der Waals surface area (Å²) in [7, 11) is 0. The first-order chi connectivity index (χ1) is 15.2.